The number of hydrogen-bond donors (Lipinski definition) is 0. The molecule has 1 aromatic heterocycles. The molecule has 0 unspecified atom stereocenters. The van der Waals surface area contributed by atoms with E-state index >= 15 is 0 Å². The Morgan fingerprint density at radius 3 is 2.37 bits per heavy atom. The summed E-state index contributed by atoms with van der Waals surface area (Å²) in [6.45, 7) is 1.54. The number of aromatic nitrogens is 2. The van der Waals surface area contributed by atoms with Gasteiger partial charge in [0.1, 0.15) is 5.82 Å². The van der Waals surface area contributed by atoms with Crippen molar-refractivity contribution in [1.29, 1.82) is 0 Å². The Bertz CT molecular complexity index is 880. The van der Waals surface area contributed by atoms with Crippen molar-refractivity contribution in [1.82, 2.24) is 14.5 Å². The van der Waals surface area contributed by atoms with E-state index in [4.69, 9.17) is 0 Å². The van der Waals surface area contributed by atoms with Crippen LogP contribution in [0, 0.1) is 11.7 Å². The van der Waals surface area contributed by atoms with Gasteiger partial charge in [-0.15, -0.1) is 0 Å². The van der Waals surface area contributed by atoms with Crippen LogP contribution in [0.3, 0.4) is 0 Å². The SMILES string of the molecule is O=C(c1ccc(-n2ccnc2)cc1)N1CCC(Cc2ccc(F)cc2)CC1. The molecule has 0 spiro atoms. The van der Waals surface area contributed by atoms with Gasteiger partial charge in [0.25, 0.3) is 5.91 Å². The molecule has 1 aliphatic heterocycles. The molecule has 1 saturated heterocycles. The van der Waals surface area contributed by atoms with Crippen LogP contribution in [0.4, 0.5) is 4.39 Å². The Hall–Kier alpha value is -2.95. The number of carbonyl (C=O) groups is 1. The van der Waals surface area contributed by atoms with Gasteiger partial charge in [0.15, 0.2) is 0 Å². The van der Waals surface area contributed by atoms with Gasteiger partial charge in [-0.1, -0.05) is 12.1 Å². The highest BCUT2D eigenvalue weighted by atomic mass is 19.1. The predicted octanol–water partition coefficient (Wildman–Crippen LogP) is 4.11. The number of piperidine rings is 1. The summed E-state index contributed by atoms with van der Waals surface area (Å²) in [6.07, 6.45) is 8.26. The Morgan fingerprint density at radius 2 is 1.74 bits per heavy atom. The molecule has 4 nitrogen and oxygen atoms in total. The maximum absolute atomic E-state index is 13.0. The molecule has 2 aromatic carbocycles. The van der Waals surface area contributed by atoms with Crippen LogP contribution in [0.25, 0.3) is 5.69 Å². The number of nitrogens with zero attached hydrogens (tertiary/aromatic N) is 3. The molecule has 0 bridgehead atoms. The predicted molar refractivity (Wildman–Crippen MR) is 102 cm³/mol. The smallest absolute Gasteiger partial charge is 0.253 e. The lowest BCUT2D eigenvalue weighted by Gasteiger charge is -2.32. The first kappa shape index (κ1) is 17.5. The fourth-order valence-electron chi connectivity index (χ4n) is 3.66. The van der Waals surface area contributed by atoms with Crippen LogP contribution in [-0.2, 0) is 6.42 Å². The van der Waals surface area contributed by atoms with Gasteiger partial charge in [0, 0.05) is 36.7 Å². The van der Waals surface area contributed by atoms with Crippen molar-refractivity contribution in [3.05, 3.63) is 84.2 Å². The third kappa shape index (κ3) is 4.08. The van der Waals surface area contributed by atoms with Gasteiger partial charge in [0.2, 0.25) is 0 Å². The maximum atomic E-state index is 13.0. The second-order valence-corrected chi connectivity index (χ2v) is 7.08. The Labute approximate surface area is 158 Å². The molecule has 1 fully saturated rings. The van der Waals surface area contributed by atoms with Crippen LogP contribution in [0.5, 0.6) is 0 Å². The van der Waals surface area contributed by atoms with Crippen molar-refractivity contribution in [2.45, 2.75) is 19.3 Å². The van der Waals surface area contributed by atoms with Crippen LogP contribution in [0.15, 0.2) is 67.3 Å². The summed E-state index contributed by atoms with van der Waals surface area (Å²) in [5, 5.41) is 0. The van der Waals surface area contributed by atoms with E-state index < -0.39 is 0 Å². The van der Waals surface area contributed by atoms with Crippen LogP contribution in [0.1, 0.15) is 28.8 Å². The van der Waals surface area contributed by atoms with E-state index in [1.54, 1.807) is 12.5 Å². The van der Waals surface area contributed by atoms with Crippen molar-refractivity contribution >= 4 is 5.91 Å². The summed E-state index contributed by atoms with van der Waals surface area (Å²) < 4.78 is 14.9. The normalized spacial score (nSPS) is 15.1. The van der Waals surface area contributed by atoms with E-state index in [1.165, 1.54) is 12.1 Å². The molecule has 2 heterocycles. The van der Waals surface area contributed by atoms with E-state index in [0.29, 0.717) is 5.92 Å². The number of likely N-dealkylation sites (tertiary alicyclic amines) is 1. The first-order chi connectivity index (χ1) is 13.2. The lowest BCUT2D eigenvalue weighted by atomic mass is 9.90. The molecule has 27 heavy (non-hydrogen) atoms. The molecule has 0 N–H and O–H groups in total. The number of halogens is 1. The minimum Gasteiger partial charge on any atom is -0.339 e. The average molecular weight is 363 g/mol. The zero-order valence-corrected chi connectivity index (χ0v) is 15.1. The minimum atomic E-state index is -0.196. The summed E-state index contributed by atoms with van der Waals surface area (Å²) in [6, 6.07) is 14.4. The third-order valence-corrected chi connectivity index (χ3v) is 5.26. The number of imidazole rings is 1. The van der Waals surface area contributed by atoms with Gasteiger partial charge in [-0.3, -0.25) is 4.79 Å². The zero-order valence-electron chi connectivity index (χ0n) is 15.1. The summed E-state index contributed by atoms with van der Waals surface area (Å²) in [5.74, 6) is 0.439. The van der Waals surface area contributed by atoms with Crippen molar-refractivity contribution in [2.75, 3.05) is 13.1 Å². The van der Waals surface area contributed by atoms with E-state index in [1.807, 2.05) is 52.1 Å². The molecule has 5 heteroatoms. The molecule has 0 atom stereocenters. The molecule has 1 aliphatic rings. The lowest BCUT2D eigenvalue weighted by Crippen LogP contribution is -2.38. The molecular formula is C22H22FN3O. The summed E-state index contributed by atoms with van der Waals surface area (Å²) >= 11 is 0. The van der Waals surface area contributed by atoms with Crippen LogP contribution < -0.4 is 0 Å². The van der Waals surface area contributed by atoms with Crippen LogP contribution >= 0.6 is 0 Å². The summed E-state index contributed by atoms with van der Waals surface area (Å²) in [5.41, 5.74) is 2.87. The molecule has 0 aliphatic carbocycles. The number of amides is 1. The standard InChI is InChI=1S/C22H22FN3O/c23-20-5-1-17(2-6-20)15-18-9-12-25(13-10-18)22(27)19-3-7-21(8-4-19)26-14-11-24-16-26/h1-8,11,14,16,18H,9-10,12-13,15H2. The van der Waals surface area contributed by atoms with E-state index in [0.717, 1.165) is 49.2 Å². The van der Waals surface area contributed by atoms with Gasteiger partial charge >= 0.3 is 0 Å². The molecule has 0 radical (unpaired) electrons. The second kappa shape index (κ2) is 7.74. The zero-order chi connectivity index (χ0) is 18.6. The second-order valence-electron chi connectivity index (χ2n) is 7.08. The lowest BCUT2D eigenvalue weighted by molar-refractivity contribution is 0.0690. The number of carbonyl (C=O) groups excluding carboxylic acids is 1. The molecule has 0 saturated carbocycles. The number of benzene rings is 2. The first-order valence-electron chi connectivity index (χ1n) is 9.31. The highest BCUT2D eigenvalue weighted by Gasteiger charge is 2.23. The minimum absolute atomic E-state index is 0.0902. The van der Waals surface area contributed by atoms with Gasteiger partial charge in [-0.05, 0) is 67.1 Å². The largest absolute Gasteiger partial charge is 0.339 e. The fraction of sp³-hybridized carbons (Fsp3) is 0.273. The first-order valence-corrected chi connectivity index (χ1v) is 9.31. The Balaban J connectivity index is 1.33. The van der Waals surface area contributed by atoms with Crippen molar-refractivity contribution in [2.24, 2.45) is 5.92 Å². The van der Waals surface area contributed by atoms with E-state index in [2.05, 4.69) is 4.98 Å². The van der Waals surface area contributed by atoms with Gasteiger partial charge in [-0.2, -0.15) is 0 Å². The van der Waals surface area contributed by atoms with Crippen molar-refractivity contribution in [3.63, 3.8) is 0 Å². The molecule has 4 rings (SSSR count). The van der Waals surface area contributed by atoms with Crippen molar-refractivity contribution in [3.8, 4) is 5.69 Å². The highest BCUT2D eigenvalue weighted by Crippen LogP contribution is 2.23. The highest BCUT2D eigenvalue weighted by molar-refractivity contribution is 5.94. The third-order valence-electron chi connectivity index (χ3n) is 5.26. The Kier molecular flexibility index (Phi) is 5.01. The molecule has 138 valence electrons. The van der Waals surface area contributed by atoms with Gasteiger partial charge in [-0.25, -0.2) is 9.37 Å². The Morgan fingerprint density at radius 1 is 1.04 bits per heavy atom. The van der Waals surface area contributed by atoms with E-state index in [9.17, 15) is 9.18 Å². The summed E-state index contributed by atoms with van der Waals surface area (Å²) in [4.78, 5) is 18.7. The van der Waals surface area contributed by atoms with Gasteiger partial charge < -0.3 is 9.47 Å². The summed E-state index contributed by atoms with van der Waals surface area (Å²) in [7, 11) is 0. The monoisotopic (exact) mass is 363 g/mol. The fourth-order valence-corrected chi connectivity index (χ4v) is 3.66. The average Bonchev–Trinajstić information content (AvgIpc) is 3.25. The van der Waals surface area contributed by atoms with Crippen LogP contribution in [0.2, 0.25) is 0 Å². The molecule has 1 amide bonds. The van der Waals surface area contributed by atoms with Crippen LogP contribution in [-0.4, -0.2) is 33.4 Å². The van der Waals surface area contributed by atoms with Gasteiger partial charge in [0.05, 0.1) is 6.33 Å². The van der Waals surface area contributed by atoms with Crippen molar-refractivity contribution < 1.29 is 9.18 Å². The molecule has 3 aromatic rings. The number of hydrogen-bond acceptors (Lipinski definition) is 2. The topological polar surface area (TPSA) is 38.1 Å². The van der Waals surface area contributed by atoms with E-state index in [-0.39, 0.29) is 11.7 Å². The number of rotatable bonds is 4. The quantitative estimate of drug-likeness (QED) is 0.700. The maximum Gasteiger partial charge on any atom is 0.253 e. The molecular weight excluding hydrogens is 341 g/mol.